The summed E-state index contributed by atoms with van der Waals surface area (Å²) in [6, 6.07) is 12.4. The predicted molar refractivity (Wildman–Crippen MR) is 78.8 cm³/mol. The number of benzene rings is 2. The first-order chi connectivity index (χ1) is 10.6. The van der Waals surface area contributed by atoms with Gasteiger partial charge in [-0.3, -0.25) is 14.9 Å². The monoisotopic (exact) mass is 297 g/mol. The molecule has 0 unspecified atom stereocenters. The van der Waals surface area contributed by atoms with Crippen molar-refractivity contribution in [1.29, 1.82) is 5.26 Å². The molecular formula is C15H11N3O4. The van der Waals surface area contributed by atoms with E-state index >= 15 is 0 Å². The van der Waals surface area contributed by atoms with Gasteiger partial charge in [0.15, 0.2) is 5.75 Å². The zero-order chi connectivity index (χ0) is 16.1. The standard InChI is InChI=1S/C15H11N3O4/c1-22-13-4-2-3-12(14(13)18(20)21)15(19)17-11-7-5-10(9-16)6-8-11/h2-8H,1H3,(H,17,19). The first-order valence-corrected chi connectivity index (χ1v) is 6.19. The van der Waals surface area contributed by atoms with Gasteiger partial charge >= 0.3 is 5.69 Å². The molecule has 2 aromatic carbocycles. The van der Waals surface area contributed by atoms with Gasteiger partial charge in [-0.25, -0.2) is 0 Å². The van der Waals surface area contributed by atoms with Gasteiger partial charge in [0.05, 0.1) is 23.7 Å². The third-order valence-electron chi connectivity index (χ3n) is 2.92. The van der Waals surface area contributed by atoms with Crippen LogP contribution in [0.15, 0.2) is 42.5 Å². The van der Waals surface area contributed by atoms with E-state index in [2.05, 4.69) is 5.32 Å². The van der Waals surface area contributed by atoms with Crippen LogP contribution in [0.3, 0.4) is 0 Å². The summed E-state index contributed by atoms with van der Waals surface area (Å²) in [4.78, 5) is 22.7. The third kappa shape index (κ3) is 3.02. The van der Waals surface area contributed by atoms with Crippen molar-refractivity contribution >= 4 is 17.3 Å². The van der Waals surface area contributed by atoms with Crippen LogP contribution in [0.25, 0.3) is 0 Å². The smallest absolute Gasteiger partial charge is 0.323 e. The number of nitrogens with one attached hydrogen (secondary N) is 1. The fraction of sp³-hybridized carbons (Fsp3) is 0.0667. The number of nitriles is 1. The zero-order valence-electron chi connectivity index (χ0n) is 11.6. The Labute approximate surface area is 125 Å². The molecule has 0 fully saturated rings. The number of amides is 1. The molecular weight excluding hydrogens is 286 g/mol. The number of rotatable bonds is 4. The van der Waals surface area contributed by atoms with Gasteiger partial charge in [0, 0.05) is 5.69 Å². The van der Waals surface area contributed by atoms with Crippen LogP contribution < -0.4 is 10.1 Å². The normalized spacial score (nSPS) is 9.64. The molecule has 0 spiro atoms. The maximum atomic E-state index is 12.2. The molecule has 2 rings (SSSR count). The molecule has 0 saturated carbocycles. The SMILES string of the molecule is COc1cccc(C(=O)Nc2ccc(C#N)cc2)c1[N+](=O)[O-]. The largest absolute Gasteiger partial charge is 0.490 e. The first-order valence-electron chi connectivity index (χ1n) is 6.19. The lowest BCUT2D eigenvalue weighted by molar-refractivity contribution is -0.386. The van der Waals surface area contributed by atoms with Gasteiger partial charge in [0.1, 0.15) is 5.56 Å². The average molecular weight is 297 g/mol. The number of ether oxygens (including phenoxy) is 1. The van der Waals surface area contributed by atoms with Crippen molar-refractivity contribution in [3.8, 4) is 11.8 Å². The maximum absolute atomic E-state index is 12.2. The highest BCUT2D eigenvalue weighted by molar-refractivity contribution is 6.07. The van der Waals surface area contributed by atoms with Crippen LogP contribution in [0.4, 0.5) is 11.4 Å². The summed E-state index contributed by atoms with van der Waals surface area (Å²) in [5, 5.41) is 22.4. The molecule has 110 valence electrons. The number of carbonyl (C=O) groups excluding carboxylic acids is 1. The van der Waals surface area contributed by atoms with Crippen LogP contribution in [-0.2, 0) is 0 Å². The summed E-state index contributed by atoms with van der Waals surface area (Å²) in [7, 11) is 1.30. The van der Waals surface area contributed by atoms with Crippen molar-refractivity contribution in [1.82, 2.24) is 0 Å². The van der Waals surface area contributed by atoms with Gasteiger partial charge in [-0.05, 0) is 36.4 Å². The molecule has 0 heterocycles. The van der Waals surface area contributed by atoms with Crippen LogP contribution in [0, 0.1) is 21.4 Å². The Bertz CT molecular complexity index is 763. The Hall–Kier alpha value is -3.40. The molecule has 0 aromatic heterocycles. The third-order valence-corrected chi connectivity index (χ3v) is 2.92. The Balaban J connectivity index is 2.33. The van der Waals surface area contributed by atoms with Gasteiger partial charge in [-0.1, -0.05) is 6.07 Å². The molecule has 7 nitrogen and oxygen atoms in total. The van der Waals surface area contributed by atoms with E-state index < -0.39 is 16.5 Å². The minimum Gasteiger partial charge on any atom is -0.490 e. The molecule has 0 aliphatic rings. The molecule has 0 radical (unpaired) electrons. The van der Waals surface area contributed by atoms with Gasteiger partial charge in [-0.2, -0.15) is 5.26 Å². The summed E-state index contributed by atoms with van der Waals surface area (Å²) >= 11 is 0. The fourth-order valence-corrected chi connectivity index (χ4v) is 1.89. The van der Waals surface area contributed by atoms with E-state index in [0.717, 1.165) is 0 Å². The number of carbonyl (C=O) groups is 1. The molecule has 22 heavy (non-hydrogen) atoms. The van der Waals surface area contributed by atoms with Crippen LogP contribution >= 0.6 is 0 Å². The summed E-state index contributed by atoms with van der Waals surface area (Å²) in [6.07, 6.45) is 0. The van der Waals surface area contributed by atoms with Crippen molar-refractivity contribution in [2.75, 3.05) is 12.4 Å². The van der Waals surface area contributed by atoms with E-state index in [9.17, 15) is 14.9 Å². The number of anilines is 1. The second kappa shape index (κ2) is 6.37. The lowest BCUT2D eigenvalue weighted by Crippen LogP contribution is -2.14. The van der Waals surface area contributed by atoms with Crippen LogP contribution in [0.5, 0.6) is 5.75 Å². The highest BCUT2D eigenvalue weighted by atomic mass is 16.6. The van der Waals surface area contributed by atoms with Crippen molar-refractivity contribution in [3.05, 3.63) is 63.7 Å². The number of nitro groups is 1. The van der Waals surface area contributed by atoms with E-state index in [1.807, 2.05) is 6.07 Å². The molecule has 0 atom stereocenters. The van der Waals surface area contributed by atoms with Crippen LogP contribution in [-0.4, -0.2) is 17.9 Å². The summed E-state index contributed by atoms with van der Waals surface area (Å²) < 4.78 is 4.92. The topological polar surface area (TPSA) is 105 Å². The Kier molecular flexibility index (Phi) is 4.34. The number of nitrogens with zero attached hydrogens (tertiary/aromatic N) is 2. The van der Waals surface area contributed by atoms with Crippen LogP contribution in [0.1, 0.15) is 15.9 Å². The Morgan fingerprint density at radius 2 is 1.95 bits per heavy atom. The molecule has 1 N–H and O–H groups in total. The van der Waals surface area contributed by atoms with Gasteiger partial charge < -0.3 is 10.1 Å². The minimum atomic E-state index is -0.660. The number of hydrogen-bond acceptors (Lipinski definition) is 5. The van der Waals surface area contributed by atoms with E-state index in [-0.39, 0.29) is 11.3 Å². The van der Waals surface area contributed by atoms with Gasteiger partial charge in [0.25, 0.3) is 5.91 Å². The van der Waals surface area contributed by atoms with Gasteiger partial charge in [0.2, 0.25) is 0 Å². The first kappa shape index (κ1) is 15.0. The molecule has 0 saturated heterocycles. The van der Waals surface area contributed by atoms with E-state index in [4.69, 9.17) is 10.00 Å². The zero-order valence-corrected chi connectivity index (χ0v) is 11.6. The number of hydrogen-bond donors (Lipinski definition) is 1. The molecule has 0 aliphatic carbocycles. The molecule has 7 heteroatoms. The van der Waals surface area contributed by atoms with Gasteiger partial charge in [-0.15, -0.1) is 0 Å². The average Bonchev–Trinajstić information content (AvgIpc) is 2.54. The second-order valence-electron chi connectivity index (χ2n) is 4.26. The Morgan fingerprint density at radius 1 is 1.27 bits per heavy atom. The molecule has 0 bridgehead atoms. The van der Waals surface area contributed by atoms with E-state index in [1.54, 1.807) is 12.1 Å². The second-order valence-corrected chi connectivity index (χ2v) is 4.26. The number of nitro benzene ring substituents is 1. The number of para-hydroxylation sites is 1. The van der Waals surface area contributed by atoms with Crippen molar-refractivity contribution < 1.29 is 14.5 Å². The van der Waals surface area contributed by atoms with E-state index in [1.165, 1.54) is 37.4 Å². The molecule has 2 aromatic rings. The fourth-order valence-electron chi connectivity index (χ4n) is 1.89. The quantitative estimate of drug-likeness (QED) is 0.690. The summed E-state index contributed by atoms with van der Waals surface area (Å²) in [6.45, 7) is 0. The van der Waals surface area contributed by atoms with Crippen molar-refractivity contribution in [2.45, 2.75) is 0 Å². The lowest BCUT2D eigenvalue weighted by atomic mass is 10.1. The highest BCUT2D eigenvalue weighted by Gasteiger charge is 2.25. The van der Waals surface area contributed by atoms with Crippen LogP contribution in [0.2, 0.25) is 0 Å². The van der Waals surface area contributed by atoms with E-state index in [0.29, 0.717) is 11.3 Å². The predicted octanol–water partition coefficient (Wildman–Crippen LogP) is 2.73. The van der Waals surface area contributed by atoms with Crippen molar-refractivity contribution in [3.63, 3.8) is 0 Å². The lowest BCUT2D eigenvalue weighted by Gasteiger charge is -2.08. The number of methoxy groups -OCH3 is 1. The summed E-state index contributed by atoms with van der Waals surface area (Å²) in [5.74, 6) is -0.618. The Morgan fingerprint density at radius 3 is 2.50 bits per heavy atom. The molecule has 0 aliphatic heterocycles. The highest BCUT2D eigenvalue weighted by Crippen LogP contribution is 2.31. The molecule has 1 amide bonds. The maximum Gasteiger partial charge on any atom is 0.323 e. The summed E-state index contributed by atoms with van der Waals surface area (Å²) in [5.41, 5.74) is 0.385. The minimum absolute atomic E-state index is 0.0116. The van der Waals surface area contributed by atoms with Crippen molar-refractivity contribution in [2.24, 2.45) is 0 Å².